The van der Waals surface area contributed by atoms with Crippen molar-refractivity contribution in [3.63, 3.8) is 0 Å². The lowest BCUT2D eigenvalue weighted by atomic mass is 10.00. The molecule has 0 spiro atoms. The number of aliphatic hydroxyl groups excluding tert-OH is 1. The average molecular weight is 1300 g/mol. The first-order valence-electron chi connectivity index (χ1n) is 35.8. The Balaban J connectivity index is 5.19. The normalized spacial score (nSPS) is 14.9. The third-order valence-corrected chi connectivity index (χ3v) is 18.4. The first kappa shape index (κ1) is 86.1. The molecule has 0 aliphatic heterocycles. The fourth-order valence-corrected chi connectivity index (χ4v) is 11.8. The molecule has 0 radical (unpaired) electrons. The molecule has 0 aromatic rings. The third kappa shape index (κ3) is 60.3. The maximum Gasteiger partial charge on any atom is 0.472 e. The smallest absolute Gasteiger partial charge is 0.462 e. The summed E-state index contributed by atoms with van der Waals surface area (Å²) in [6.07, 6.45) is 40.6. The van der Waals surface area contributed by atoms with E-state index in [1.807, 2.05) is 0 Å². The minimum absolute atomic E-state index is 0.101. The van der Waals surface area contributed by atoms with Crippen LogP contribution in [0.5, 0.6) is 0 Å². The fraction of sp³-hybridized carbons (Fsp3) is 0.942. The van der Waals surface area contributed by atoms with Crippen LogP contribution in [0, 0.1) is 23.7 Å². The zero-order chi connectivity index (χ0) is 65.4. The van der Waals surface area contributed by atoms with E-state index in [4.69, 9.17) is 37.0 Å². The fourth-order valence-electron chi connectivity index (χ4n) is 10.2. The highest BCUT2D eigenvalue weighted by Gasteiger charge is 2.30. The summed E-state index contributed by atoms with van der Waals surface area (Å²) in [5.41, 5.74) is 0. The van der Waals surface area contributed by atoms with Crippen LogP contribution in [0.4, 0.5) is 0 Å². The molecule has 522 valence electrons. The van der Waals surface area contributed by atoms with E-state index in [1.165, 1.54) is 128 Å². The van der Waals surface area contributed by atoms with Gasteiger partial charge >= 0.3 is 39.5 Å². The van der Waals surface area contributed by atoms with Crippen molar-refractivity contribution in [2.45, 2.75) is 356 Å². The largest absolute Gasteiger partial charge is 0.472 e. The number of aliphatic hydroxyl groups is 1. The first-order valence-corrected chi connectivity index (χ1v) is 38.8. The molecular weight excluding hydrogens is 1160 g/mol. The van der Waals surface area contributed by atoms with Crippen LogP contribution in [0.1, 0.15) is 338 Å². The lowest BCUT2D eigenvalue weighted by molar-refractivity contribution is -0.161. The molecule has 0 aliphatic carbocycles. The molecule has 0 saturated heterocycles. The van der Waals surface area contributed by atoms with E-state index < -0.39 is 97.5 Å². The van der Waals surface area contributed by atoms with Gasteiger partial charge in [-0.2, -0.15) is 0 Å². The summed E-state index contributed by atoms with van der Waals surface area (Å²) in [4.78, 5) is 72.4. The Morgan fingerprint density at radius 3 is 0.807 bits per heavy atom. The van der Waals surface area contributed by atoms with Gasteiger partial charge in [0.25, 0.3) is 0 Å². The highest BCUT2D eigenvalue weighted by molar-refractivity contribution is 7.47. The number of hydrogen-bond acceptors (Lipinski definition) is 15. The minimum Gasteiger partial charge on any atom is -0.462 e. The van der Waals surface area contributed by atoms with E-state index in [1.54, 1.807) is 0 Å². The van der Waals surface area contributed by atoms with E-state index in [-0.39, 0.29) is 25.7 Å². The minimum atomic E-state index is -4.95. The summed E-state index contributed by atoms with van der Waals surface area (Å²) in [5.74, 6) is 0.803. The van der Waals surface area contributed by atoms with Gasteiger partial charge < -0.3 is 33.8 Å². The Kier molecular flexibility index (Phi) is 57.6. The number of ether oxygens (including phenoxy) is 4. The Morgan fingerprint density at radius 1 is 0.318 bits per heavy atom. The van der Waals surface area contributed by atoms with Gasteiger partial charge in [-0.15, -0.1) is 0 Å². The van der Waals surface area contributed by atoms with Crippen LogP contribution in [0.3, 0.4) is 0 Å². The highest BCUT2D eigenvalue weighted by Crippen LogP contribution is 2.45. The van der Waals surface area contributed by atoms with Gasteiger partial charge in [-0.1, -0.05) is 287 Å². The van der Waals surface area contributed by atoms with Crippen LogP contribution in [0.25, 0.3) is 0 Å². The van der Waals surface area contributed by atoms with Crippen LogP contribution in [0.2, 0.25) is 0 Å². The van der Waals surface area contributed by atoms with Crippen molar-refractivity contribution >= 4 is 39.5 Å². The van der Waals surface area contributed by atoms with Gasteiger partial charge in [0, 0.05) is 25.7 Å². The second-order valence-electron chi connectivity index (χ2n) is 26.4. The summed E-state index contributed by atoms with van der Waals surface area (Å²) in [6, 6.07) is 0. The van der Waals surface area contributed by atoms with Crippen LogP contribution >= 0.6 is 15.6 Å². The predicted octanol–water partition coefficient (Wildman–Crippen LogP) is 19.3. The second-order valence-corrected chi connectivity index (χ2v) is 29.3. The molecule has 17 nitrogen and oxygen atoms in total. The van der Waals surface area contributed by atoms with Gasteiger partial charge in [-0.25, -0.2) is 9.13 Å². The molecule has 0 amide bonds. The Bertz CT molecular complexity index is 1750. The van der Waals surface area contributed by atoms with E-state index >= 15 is 0 Å². The van der Waals surface area contributed by atoms with Crippen molar-refractivity contribution in [3.8, 4) is 0 Å². The number of unbranched alkanes of at least 4 members (excludes halogenated alkanes) is 30. The SMILES string of the molecule is CCC(C)CCCCCCCCC(=O)OC[C@H](COP(=O)(O)OC[C@@H](O)COP(=O)(O)OC[C@@H](COC(=O)CCCCCCCCC(C)CC)OC(=O)CCCCCCCCC(C)C)OC(=O)CCCCCCCCCCCCCCCCCCC(C)C. The average Bonchev–Trinajstić information content (AvgIpc) is 3.58. The number of carbonyl (C=O) groups excluding carboxylic acids is 4. The van der Waals surface area contributed by atoms with E-state index in [0.29, 0.717) is 31.6 Å². The van der Waals surface area contributed by atoms with Crippen molar-refractivity contribution in [1.29, 1.82) is 0 Å². The molecule has 4 unspecified atom stereocenters. The number of phosphoric acid groups is 2. The standard InChI is InChI=1S/C69H134O17P2/c1-9-61(7)47-39-31-24-27-33-41-49-66(71)79-55-64(85-68(73)51-43-35-22-20-18-16-14-12-11-13-15-17-19-21-29-37-45-59(3)4)57-83-87(75,76)81-53-63(70)54-82-88(77,78)84-58-65(86-69(74)52-44-36-26-23-30-38-46-60(5)6)56-80-67(72)50-42-34-28-25-32-40-48-62(8)10-2/h59-65,70H,9-58H2,1-8H3,(H,75,76)(H,77,78)/t61?,62?,63-,64-,65-/m1/s1. The first-order chi connectivity index (χ1) is 42.2. The van der Waals surface area contributed by atoms with Crippen LogP contribution < -0.4 is 0 Å². The summed E-state index contributed by atoms with van der Waals surface area (Å²) in [6.45, 7) is 14.0. The molecule has 7 atom stereocenters. The summed E-state index contributed by atoms with van der Waals surface area (Å²) in [7, 11) is -9.90. The number of esters is 4. The maximum absolute atomic E-state index is 13.0. The van der Waals surface area contributed by atoms with Gasteiger partial charge in [0.15, 0.2) is 12.2 Å². The van der Waals surface area contributed by atoms with Crippen molar-refractivity contribution in [2.75, 3.05) is 39.6 Å². The summed E-state index contributed by atoms with van der Waals surface area (Å²) in [5, 5.41) is 10.6. The van der Waals surface area contributed by atoms with Gasteiger partial charge in [0.1, 0.15) is 19.3 Å². The van der Waals surface area contributed by atoms with E-state index in [2.05, 4.69) is 55.4 Å². The summed E-state index contributed by atoms with van der Waals surface area (Å²) < 4.78 is 68.1. The molecule has 0 bridgehead atoms. The number of rotatable bonds is 66. The quantitative estimate of drug-likeness (QED) is 0.0222. The number of phosphoric ester groups is 2. The van der Waals surface area contributed by atoms with Gasteiger partial charge in [-0.05, 0) is 49.4 Å². The Labute approximate surface area is 537 Å². The van der Waals surface area contributed by atoms with Crippen molar-refractivity contribution in [1.82, 2.24) is 0 Å². The second kappa shape index (κ2) is 58.8. The molecule has 0 fully saturated rings. The third-order valence-electron chi connectivity index (χ3n) is 16.5. The van der Waals surface area contributed by atoms with Crippen LogP contribution in [-0.4, -0.2) is 96.7 Å². The molecule has 3 N–H and O–H groups in total. The van der Waals surface area contributed by atoms with E-state index in [0.717, 1.165) is 120 Å². The molecule has 0 aromatic carbocycles. The number of carbonyl (C=O) groups is 4. The van der Waals surface area contributed by atoms with Crippen LogP contribution in [0.15, 0.2) is 0 Å². The molecule has 0 rings (SSSR count). The van der Waals surface area contributed by atoms with Gasteiger partial charge in [0.05, 0.1) is 26.4 Å². The van der Waals surface area contributed by atoms with Crippen molar-refractivity contribution in [2.24, 2.45) is 23.7 Å². The topological polar surface area (TPSA) is 237 Å². The molecule has 0 heterocycles. The van der Waals surface area contributed by atoms with Crippen molar-refractivity contribution in [3.05, 3.63) is 0 Å². The molecule has 0 saturated carbocycles. The van der Waals surface area contributed by atoms with Crippen molar-refractivity contribution < 1.29 is 80.2 Å². The highest BCUT2D eigenvalue weighted by atomic mass is 31.2. The Hall–Kier alpha value is -1.94. The number of hydrogen-bond donors (Lipinski definition) is 3. The van der Waals surface area contributed by atoms with Gasteiger partial charge in [-0.3, -0.25) is 37.3 Å². The molecule has 88 heavy (non-hydrogen) atoms. The zero-order valence-corrected chi connectivity index (χ0v) is 59.1. The molecule has 19 heteroatoms. The lowest BCUT2D eigenvalue weighted by Gasteiger charge is -2.21. The maximum atomic E-state index is 13.0. The molecule has 0 aliphatic rings. The molecular formula is C69H134O17P2. The lowest BCUT2D eigenvalue weighted by Crippen LogP contribution is -2.30. The Morgan fingerprint density at radius 2 is 0.545 bits per heavy atom. The van der Waals surface area contributed by atoms with Crippen LogP contribution in [-0.2, 0) is 65.4 Å². The van der Waals surface area contributed by atoms with E-state index in [9.17, 15) is 43.2 Å². The monoisotopic (exact) mass is 1300 g/mol. The predicted molar refractivity (Wildman–Crippen MR) is 354 cm³/mol. The van der Waals surface area contributed by atoms with Gasteiger partial charge in [0.2, 0.25) is 0 Å². The summed E-state index contributed by atoms with van der Waals surface area (Å²) >= 11 is 0. The molecule has 0 aromatic heterocycles. The zero-order valence-electron chi connectivity index (χ0n) is 57.3.